The molecule has 0 saturated carbocycles. The highest BCUT2D eigenvalue weighted by molar-refractivity contribution is 8.00. The lowest BCUT2D eigenvalue weighted by atomic mass is 10.2. The van der Waals surface area contributed by atoms with Crippen molar-refractivity contribution in [1.82, 2.24) is 0 Å². The molecule has 0 unspecified atom stereocenters. The van der Waals surface area contributed by atoms with Crippen LogP contribution in [0.15, 0.2) is 41.8 Å². The van der Waals surface area contributed by atoms with Crippen LogP contribution in [0, 0.1) is 6.92 Å². The molecule has 0 amide bonds. The SMILES string of the molecule is C=CCCC(=O)CSc1ccc(C)cc1. The van der Waals surface area contributed by atoms with Gasteiger partial charge in [-0.15, -0.1) is 18.3 Å². The van der Waals surface area contributed by atoms with E-state index in [0.717, 1.165) is 11.3 Å². The fourth-order valence-corrected chi connectivity index (χ4v) is 1.93. The van der Waals surface area contributed by atoms with Crippen LogP contribution in [-0.2, 0) is 4.79 Å². The molecule has 1 nitrogen and oxygen atoms in total. The maximum Gasteiger partial charge on any atom is 0.143 e. The average molecular weight is 220 g/mol. The Kier molecular flexibility index (Phi) is 5.19. The van der Waals surface area contributed by atoms with E-state index in [4.69, 9.17) is 0 Å². The van der Waals surface area contributed by atoms with Crippen molar-refractivity contribution in [3.05, 3.63) is 42.5 Å². The predicted octanol–water partition coefficient (Wildman–Crippen LogP) is 3.62. The van der Waals surface area contributed by atoms with Crippen molar-refractivity contribution >= 4 is 17.5 Å². The zero-order valence-corrected chi connectivity index (χ0v) is 9.85. The van der Waals surface area contributed by atoms with E-state index >= 15 is 0 Å². The molecule has 1 rings (SSSR count). The summed E-state index contributed by atoms with van der Waals surface area (Å²) in [6, 6.07) is 8.24. The van der Waals surface area contributed by atoms with Gasteiger partial charge in [-0.2, -0.15) is 0 Å². The number of Topliss-reactive ketones (excluding diaryl/α,β-unsaturated/α-hetero) is 1. The molecule has 0 aromatic heterocycles. The van der Waals surface area contributed by atoms with Gasteiger partial charge < -0.3 is 0 Å². The molecule has 0 aliphatic rings. The third-order valence-corrected chi connectivity index (χ3v) is 3.12. The molecule has 1 aromatic carbocycles. The molecule has 80 valence electrons. The van der Waals surface area contributed by atoms with Crippen molar-refractivity contribution < 1.29 is 4.79 Å². The molecule has 0 N–H and O–H groups in total. The second-order valence-electron chi connectivity index (χ2n) is 3.47. The van der Waals surface area contributed by atoms with Gasteiger partial charge in [-0.3, -0.25) is 4.79 Å². The van der Waals surface area contributed by atoms with Gasteiger partial charge in [0.15, 0.2) is 0 Å². The normalized spacial score (nSPS) is 9.93. The Morgan fingerprint density at radius 2 is 2.07 bits per heavy atom. The van der Waals surface area contributed by atoms with Crippen LogP contribution in [0.2, 0.25) is 0 Å². The Morgan fingerprint density at radius 1 is 1.40 bits per heavy atom. The summed E-state index contributed by atoms with van der Waals surface area (Å²) in [5, 5.41) is 0. The minimum absolute atomic E-state index is 0.292. The van der Waals surface area contributed by atoms with E-state index < -0.39 is 0 Å². The fourth-order valence-electron chi connectivity index (χ4n) is 1.13. The molecule has 0 radical (unpaired) electrons. The van der Waals surface area contributed by atoms with Crippen LogP contribution < -0.4 is 0 Å². The number of aryl methyl sites for hydroxylation is 1. The van der Waals surface area contributed by atoms with Crippen molar-refractivity contribution in [2.24, 2.45) is 0 Å². The lowest BCUT2D eigenvalue weighted by Gasteiger charge is -2.00. The van der Waals surface area contributed by atoms with E-state index in [-0.39, 0.29) is 0 Å². The highest BCUT2D eigenvalue weighted by Crippen LogP contribution is 2.18. The average Bonchev–Trinajstić information content (AvgIpc) is 2.25. The lowest BCUT2D eigenvalue weighted by molar-refractivity contribution is -0.116. The monoisotopic (exact) mass is 220 g/mol. The smallest absolute Gasteiger partial charge is 0.143 e. The Labute approximate surface area is 95.6 Å². The first-order valence-electron chi connectivity index (χ1n) is 5.04. The van der Waals surface area contributed by atoms with E-state index in [1.165, 1.54) is 5.56 Å². The first kappa shape index (κ1) is 12.1. The fraction of sp³-hybridized carbons (Fsp3) is 0.308. The first-order chi connectivity index (χ1) is 7.22. The summed E-state index contributed by atoms with van der Waals surface area (Å²) in [5.74, 6) is 0.858. The number of carbonyl (C=O) groups is 1. The first-order valence-corrected chi connectivity index (χ1v) is 6.03. The van der Waals surface area contributed by atoms with Crippen LogP contribution in [0.25, 0.3) is 0 Å². The Morgan fingerprint density at radius 3 is 2.67 bits per heavy atom. The topological polar surface area (TPSA) is 17.1 Å². The van der Waals surface area contributed by atoms with Crippen LogP contribution in [0.3, 0.4) is 0 Å². The summed E-state index contributed by atoms with van der Waals surface area (Å²) in [4.78, 5) is 12.5. The molecule has 0 heterocycles. The number of carbonyl (C=O) groups excluding carboxylic acids is 1. The Balaban J connectivity index is 2.33. The van der Waals surface area contributed by atoms with Gasteiger partial charge in [0.2, 0.25) is 0 Å². The van der Waals surface area contributed by atoms with Gasteiger partial charge in [0.05, 0.1) is 5.75 Å². The molecule has 0 aliphatic heterocycles. The Hall–Kier alpha value is -1.02. The second kappa shape index (κ2) is 6.46. The molecule has 0 atom stereocenters. The molecule has 0 bridgehead atoms. The van der Waals surface area contributed by atoms with Crippen molar-refractivity contribution in [3.63, 3.8) is 0 Å². The molecule has 0 spiro atoms. The lowest BCUT2D eigenvalue weighted by Crippen LogP contribution is -1.99. The number of ketones is 1. The Bertz CT molecular complexity index is 327. The summed E-state index contributed by atoms with van der Waals surface area (Å²) in [6.07, 6.45) is 3.18. The number of rotatable bonds is 6. The quantitative estimate of drug-likeness (QED) is 0.538. The molecular formula is C13H16OS. The zero-order chi connectivity index (χ0) is 11.1. The summed E-state index contributed by atoms with van der Waals surface area (Å²) in [5.41, 5.74) is 1.25. The van der Waals surface area contributed by atoms with Gasteiger partial charge in [-0.25, -0.2) is 0 Å². The molecule has 2 heteroatoms. The molecule has 0 saturated heterocycles. The van der Waals surface area contributed by atoms with Crippen molar-refractivity contribution in [3.8, 4) is 0 Å². The van der Waals surface area contributed by atoms with Gasteiger partial charge >= 0.3 is 0 Å². The van der Waals surface area contributed by atoms with Crippen LogP contribution in [0.5, 0.6) is 0 Å². The maximum atomic E-state index is 11.4. The van der Waals surface area contributed by atoms with Gasteiger partial charge in [-0.1, -0.05) is 23.8 Å². The number of allylic oxidation sites excluding steroid dienone is 1. The third kappa shape index (κ3) is 4.84. The van der Waals surface area contributed by atoms with E-state index in [1.54, 1.807) is 17.8 Å². The van der Waals surface area contributed by atoms with Crippen molar-refractivity contribution in [1.29, 1.82) is 0 Å². The van der Waals surface area contributed by atoms with Gasteiger partial charge in [0.1, 0.15) is 5.78 Å². The largest absolute Gasteiger partial charge is 0.299 e. The van der Waals surface area contributed by atoms with Crippen LogP contribution in [0.1, 0.15) is 18.4 Å². The van der Waals surface area contributed by atoms with E-state index in [9.17, 15) is 4.79 Å². The van der Waals surface area contributed by atoms with Crippen molar-refractivity contribution in [2.45, 2.75) is 24.7 Å². The minimum Gasteiger partial charge on any atom is -0.299 e. The highest BCUT2D eigenvalue weighted by atomic mass is 32.2. The predicted molar refractivity (Wildman–Crippen MR) is 66.3 cm³/mol. The van der Waals surface area contributed by atoms with Gasteiger partial charge in [-0.05, 0) is 25.5 Å². The highest BCUT2D eigenvalue weighted by Gasteiger charge is 2.01. The van der Waals surface area contributed by atoms with Crippen LogP contribution in [0.4, 0.5) is 0 Å². The van der Waals surface area contributed by atoms with Crippen molar-refractivity contribution in [2.75, 3.05) is 5.75 Å². The zero-order valence-electron chi connectivity index (χ0n) is 9.03. The molecule has 0 aliphatic carbocycles. The van der Waals surface area contributed by atoms with E-state index in [2.05, 4.69) is 37.8 Å². The number of thioether (sulfide) groups is 1. The van der Waals surface area contributed by atoms with Crippen LogP contribution in [-0.4, -0.2) is 11.5 Å². The summed E-state index contributed by atoms with van der Waals surface area (Å²) in [6.45, 7) is 5.66. The minimum atomic E-state index is 0.292. The van der Waals surface area contributed by atoms with E-state index in [0.29, 0.717) is 18.0 Å². The second-order valence-corrected chi connectivity index (χ2v) is 4.52. The summed E-state index contributed by atoms with van der Waals surface area (Å²) in [7, 11) is 0. The van der Waals surface area contributed by atoms with E-state index in [1.807, 2.05) is 0 Å². The number of benzene rings is 1. The van der Waals surface area contributed by atoms with Gasteiger partial charge in [0, 0.05) is 11.3 Å². The molecular weight excluding hydrogens is 204 g/mol. The summed E-state index contributed by atoms with van der Waals surface area (Å²) >= 11 is 1.60. The molecule has 0 fully saturated rings. The van der Waals surface area contributed by atoms with Crippen LogP contribution >= 0.6 is 11.8 Å². The third-order valence-electron chi connectivity index (χ3n) is 2.05. The molecule has 15 heavy (non-hydrogen) atoms. The maximum absolute atomic E-state index is 11.4. The number of hydrogen-bond donors (Lipinski definition) is 0. The standard InChI is InChI=1S/C13H16OS/c1-3-4-5-12(14)10-15-13-8-6-11(2)7-9-13/h3,6-9H,1,4-5,10H2,2H3. The van der Waals surface area contributed by atoms with Gasteiger partial charge in [0.25, 0.3) is 0 Å². The molecule has 1 aromatic rings. The number of hydrogen-bond acceptors (Lipinski definition) is 2. The summed E-state index contributed by atoms with van der Waals surface area (Å²) < 4.78 is 0.